The van der Waals surface area contributed by atoms with Gasteiger partial charge in [0, 0.05) is 32.5 Å². The molecule has 8 atom stereocenters. The number of primary amides is 2. The van der Waals surface area contributed by atoms with Crippen molar-refractivity contribution in [3.8, 4) is 5.75 Å². The molecule has 0 radical (unpaired) electrons. The Hall–Kier alpha value is -8.81. The van der Waals surface area contributed by atoms with Gasteiger partial charge in [-0.15, -0.1) is 0 Å². The maximum Gasteiger partial charge on any atom is 0.245 e. The molecule has 1 aliphatic rings. The first-order chi connectivity index (χ1) is 38.0. The number of benzene rings is 3. The number of carbonyl (C=O) groups excluding carboxylic acids is 9. The molecule has 0 spiro atoms. The van der Waals surface area contributed by atoms with Gasteiger partial charge in [-0.3, -0.25) is 53.1 Å². The molecule has 26 nitrogen and oxygen atoms in total. The Morgan fingerprint density at radius 2 is 1.01 bits per heavy atom. The first kappa shape index (κ1) is 63.7. The number of amides is 9. The number of nitrogens with two attached hydrogens (primary N) is 7. The van der Waals surface area contributed by atoms with Gasteiger partial charge in [0.2, 0.25) is 53.2 Å². The van der Waals surface area contributed by atoms with E-state index in [0.29, 0.717) is 23.1 Å². The van der Waals surface area contributed by atoms with Gasteiger partial charge in [0.25, 0.3) is 0 Å². The number of aromatic hydroxyl groups is 1. The predicted octanol–water partition coefficient (Wildman–Crippen LogP) is -2.84. The molecule has 1 heterocycles. The summed E-state index contributed by atoms with van der Waals surface area (Å²) in [5.41, 5.74) is 41.1. The Morgan fingerprint density at radius 1 is 0.562 bits per heavy atom. The molecule has 21 N–H and O–H groups in total. The fourth-order valence-electron chi connectivity index (χ4n) is 8.90. The summed E-state index contributed by atoms with van der Waals surface area (Å²) in [6.07, 6.45) is 0.290. The first-order valence-electron chi connectivity index (χ1n) is 26.4. The summed E-state index contributed by atoms with van der Waals surface area (Å²) in [5.74, 6) is -7.68. The van der Waals surface area contributed by atoms with Crippen LogP contribution in [0.2, 0.25) is 0 Å². The normalized spacial score (nSPS) is 15.5. The van der Waals surface area contributed by atoms with E-state index in [2.05, 4.69) is 41.9 Å². The van der Waals surface area contributed by atoms with Gasteiger partial charge in [-0.25, -0.2) is 0 Å². The summed E-state index contributed by atoms with van der Waals surface area (Å²) in [7, 11) is 0. The quantitative estimate of drug-likeness (QED) is 0.0170. The highest BCUT2D eigenvalue weighted by Crippen LogP contribution is 2.21. The third kappa shape index (κ3) is 21.9. The highest BCUT2D eigenvalue weighted by atomic mass is 16.3. The molecular formula is C54H78N16O10. The number of rotatable bonds is 32. The van der Waals surface area contributed by atoms with Gasteiger partial charge >= 0.3 is 0 Å². The number of aliphatic imine (C=N–C) groups is 2. The maximum absolute atomic E-state index is 14.8. The summed E-state index contributed by atoms with van der Waals surface area (Å²) in [6, 6.07) is 13.7. The minimum Gasteiger partial charge on any atom is -0.508 e. The Morgan fingerprint density at radius 3 is 1.51 bits per heavy atom. The fourth-order valence-corrected chi connectivity index (χ4v) is 8.90. The molecule has 0 aromatic heterocycles. The van der Waals surface area contributed by atoms with Crippen LogP contribution in [0.4, 0.5) is 0 Å². The van der Waals surface area contributed by atoms with E-state index in [1.54, 1.807) is 72.8 Å². The molecular weight excluding hydrogens is 1030 g/mol. The number of phenols is 1. The third-order valence-electron chi connectivity index (χ3n) is 12.9. The number of guanidine groups is 2. The van der Waals surface area contributed by atoms with Crippen molar-refractivity contribution < 1.29 is 48.3 Å². The van der Waals surface area contributed by atoms with E-state index in [1.807, 2.05) is 13.8 Å². The number of nitrogens with one attached hydrogen (secondary N) is 6. The zero-order valence-corrected chi connectivity index (χ0v) is 45.2. The molecule has 3 aromatic rings. The highest BCUT2D eigenvalue weighted by molar-refractivity contribution is 5.98. The van der Waals surface area contributed by atoms with Crippen LogP contribution in [-0.4, -0.2) is 143 Å². The van der Waals surface area contributed by atoms with Crippen molar-refractivity contribution in [1.29, 1.82) is 0 Å². The Bertz CT molecular complexity index is 2630. The van der Waals surface area contributed by atoms with Crippen molar-refractivity contribution in [2.24, 2.45) is 56.0 Å². The van der Waals surface area contributed by atoms with Crippen LogP contribution in [0.3, 0.4) is 0 Å². The molecule has 26 heteroatoms. The average molecular weight is 1110 g/mol. The van der Waals surface area contributed by atoms with Gasteiger partial charge in [-0.05, 0) is 86.1 Å². The van der Waals surface area contributed by atoms with Crippen LogP contribution in [0.25, 0.3) is 0 Å². The summed E-state index contributed by atoms with van der Waals surface area (Å²) < 4.78 is 0. The molecule has 3 aromatic carbocycles. The molecule has 9 amide bonds. The predicted molar refractivity (Wildman–Crippen MR) is 299 cm³/mol. The van der Waals surface area contributed by atoms with Gasteiger partial charge in [-0.2, -0.15) is 0 Å². The van der Waals surface area contributed by atoms with Crippen LogP contribution >= 0.6 is 0 Å². The lowest BCUT2D eigenvalue weighted by molar-refractivity contribution is -0.142. The van der Waals surface area contributed by atoms with Crippen molar-refractivity contribution in [1.82, 2.24) is 36.8 Å². The van der Waals surface area contributed by atoms with Crippen LogP contribution in [0, 0.1) is 5.92 Å². The standard InChI is InChI=1S/C54H78N16O10/c1-31(2)26-40(68-50(78)41(28-32-12-5-3-6-13-32)67-46(74)36(55)27-34-19-21-35(71)22-20-34)48(76)69-42(29-33-14-7-4-8-15-33)49(77)65-38(17-10-24-63-54(60)61)52(80)70-25-11-18-43(70)51(79)64-37(16-9-23-62-53(58)59)47(75)66-39(45(57)73)30-44(56)72/h3-8,12-15,19-22,31,36-43,71H,9-11,16-18,23-30,55H2,1-2H3,(H2,56,72)(H2,57,73)(H,64,79)(H,65,77)(H,66,75)(H,67,74)(H,68,78)(H,69,76)(H4,58,59,62)(H4,60,61,63)/t36-,37+,38+,39+,40+,41+,42+,43+/m1/s1. The van der Waals surface area contributed by atoms with Crippen molar-refractivity contribution in [2.75, 3.05) is 19.6 Å². The average Bonchev–Trinajstić information content (AvgIpc) is 3.91. The lowest BCUT2D eigenvalue weighted by Gasteiger charge is -2.31. The van der Waals surface area contributed by atoms with E-state index in [1.165, 1.54) is 17.0 Å². The summed E-state index contributed by atoms with van der Waals surface area (Å²) in [6.45, 7) is 3.86. The van der Waals surface area contributed by atoms with Gasteiger partial charge in [0.1, 0.15) is 48.0 Å². The fraction of sp³-hybridized carbons (Fsp3) is 0.463. The number of hydrogen-bond acceptors (Lipinski definition) is 13. The van der Waals surface area contributed by atoms with Crippen LogP contribution < -0.4 is 72.0 Å². The SMILES string of the molecule is CC(C)C[C@H](NC(=O)[C@H](Cc1ccccc1)NC(=O)[C@H](N)Cc1ccc(O)cc1)C(=O)N[C@@H](Cc1ccccc1)C(=O)N[C@@H](CCCN=C(N)N)C(=O)N1CCC[C@H]1C(=O)N[C@@H](CCCN=C(N)N)C(=O)N[C@@H](CC(N)=O)C(N)=O. The van der Waals surface area contributed by atoms with Crippen LogP contribution in [0.15, 0.2) is 94.9 Å². The second-order valence-corrected chi connectivity index (χ2v) is 20.0. The smallest absolute Gasteiger partial charge is 0.245 e. The van der Waals surface area contributed by atoms with Crippen molar-refractivity contribution >= 4 is 65.1 Å². The number of hydrogen-bond donors (Lipinski definition) is 14. The van der Waals surface area contributed by atoms with Crippen molar-refractivity contribution in [2.45, 2.75) is 133 Å². The summed E-state index contributed by atoms with van der Waals surface area (Å²) in [4.78, 5) is 133. The van der Waals surface area contributed by atoms with Gasteiger partial charge in [-0.1, -0.05) is 86.6 Å². The van der Waals surface area contributed by atoms with Gasteiger partial charge in [0.05, 0.1) is 12.5 Å². The van der Waals surface area contributed by atoms with E-state index < -0.39 is 108 Å². The number of carbonyl (C=O) groups is 9. The molecule has 0 bridgehead atoms. The molecule has 1 aliphatic heterocycles. The molecule has 1 saturated heterocycles. The van der Waals surface area contributed by atoms with Crippen molar-refractivity contribution in [3.05, 3.63) is 102 Å². The summed E-state index contributed by atoms with van der Waals surface area (Å²) >= 11 is 0. The van der Waals surface area contributed by atoms with Gasteiger partial charge in [0.15, 0.2) is 11.9 Å². The van der Waals surface area contributed by atoms with Crippen molar-refractivity contribution in [3.63, 3.8) is 0 Å². The third-order valence-corrected chi connectivity index (χ3v) is 12.9. The number of nitrogens with zero attached hydrogens (tertiary/aromatic N) is 3. The second-order valence-electron chi connectivity index (χ2n) is 20.0. The van der Waals surface area contributed by atoms with Gasteiger partial charge < -0.3 is 82.0 Å². The molecule has 0 unspecified atom stereocenters. The molecule has 0 saturated carbocycles. The Balaban J connectivity index is 1.61. The van der Waals surface area contributed by atoms with E-state index in [-0.39, 0.29) is 101 Å². The van der Waals surface area contributed by atoms with E-state index in [9.17, 15) is 48.3 Å². The maximum atomic E-state index is 14.8. The van der Waals surface area contributed by atoms with E-state index in [4.69, 9.17) is 40.1 Å². The Kier molecular flexibility index (Phi) is 25.6. The molecule has 434 valence electrons. The van der Waals surface area contributed by atoms with Crippen LogP contribution in [-0.2, 0) is 62.4 Å². The lowest BCUT2D eigenvalue weighted by atomic mass is 9.99. The van der Waals surface area contributed by atoms with Crippen LogP contribution in [0.5, 0.6) is 5.75 Å². The monoisotopic (exact) mass is 1110 g/mol. The molecule has 0 aliphatic carbocycles. The minimum absolute atomic E-state index is 0.0317. The molecule has 80 heavy (non-hydrogen) atoms. The molecule has 1 fully saturated rings. The second kappa shape index (κ2) is 32.2. The zero-order chi connectivity index (χ0) is 58.9. The largest absolute Gasteiger partial charge is 0.508 e. The highest BCUT2D eigenvalue weighted by Gasteiger charge is 2.40. The lowest BCUT2D eigenvalue weighted by Crippen LogP contribution is -2.60. The van der Waals surface area contributed by atoms with Crippen LogP contribution in [0.1, 0.15) is 81.9 Å². The molecule has 4 rings (SSSR count). The Labute approximate surface area is 464 Å². The number of phenolic OH excluding ortho intramolecular Hbond substituents is 1. The topological polar surface area (TPSA) is 456 Å². The first-order valence-corrected chi connectivity index (χ1v) is 26.4. The zero-order valence-electron chi connectivity index (χ0n) is 45.2. The minimum atomic E-state index is -1.49. The summed E-state index contributed by atoms with van der Waals surface area (Å²) in [5, 5.41) is 25.9. The van der Waals surface area contributed by atoms with E-state index in [0.717, 1.165) is 0 Å². The number of likely N-dealkylation sites (tertiary alicyclic amines) is 1. The van der Waals surface area contributed by atoms with E-state index >= 15 is 0 Å².